The van der Waals surface area contributed by atoms with Gasteiger partial charge in [-0.3, -0.25) is 5.10 Å². The minimum absolute atomic E-state index is 0.150. The lowest BCUT2D eigenvalue weighted by atomic mass is 10.4. The molecular weight excluding hydrogens is 259 g/mol. The smallest absolute Gasteiger partial charge is 0.281 e. The molecule has 0 fully saturated rings. The fraction of sp³-hybridized carbons (Fsp3) is 0.625. The van der Waals surface area contributed by atoms with E-state index in [4.69, 9.17) is 0 Å². The molecular formula is C8H12F3N3O2S. The number of alkyl halides is 3. The van der Waals surface area contributed by atoms with Crippen LogP contribution in [0.3, 0.4) is 0 Å². The molecule has 0 unspecified atom stereocenters. The van der Waals surface area contributed by atoms with Crippen molar-refractivity contribution in [2.75, 3.05) is 13.6 Å². The molecule has 0 radical (unpaired) electrons. The van der Waals surface area contributed by atoms with Gasteiger partial charge in [-0.1, -0.05) is 0 Å². The van der Waals surface area contributed by atoms with Crippen LogP contribution in [0.15, 0.2) is 4.90 Å². The van der Waals surface area contributed by atoms with Crippen LogP contribution >= 0.6 is 0 Å². The van der Waals surface area contributed by atoms with Gasteiger partial charge in [0.2, 0.25) is 10.0 Å². The Hall–Kier alpha value is -1.09. The van der Waals surface area contributed by atoms with E-state index in [1.165, 1.54) is 13.8 Å². The molecule has 5 nitrogen and oxygen atoms in total. The van der Waals surface area contributed by atoms with E-state index in [2.05, 4.69) is 10.2 Å². The van der Waals surface area contributed by atoms with E-state index < -0.39 is 22.7 Å². The highest BCUT2D eigenvalue weighted by Gasteiger charge is 2.36. The third-order valence-corrected chi connectivity index (χ3v) is 4.20. The summed E-state index contributed by atoms with van der Waals surface area (Å²) < 4.78 is 60.5. The van der Waals surface area contributed by atoms with Crippen molar-refractivity contribution in [3.8, 4) is 0 Å². The Bertz CT molecular complexity index is 487. The van der Waals surface area contributed by atoms with Crippen LogP contribution in [0.5, 0.6) is 0 Å². The van der Waals surface area contributed by atoms with Gasteiger partial charge in [0.1, 0.15) is 11.4 Å². The first-order chi connectivity index (χ1) is 7.55. The summed E-state index contributed by atoms with van der Waals surface area (Å²) in [5.74, 6) is 0. The van der Waals surface area contributed by atoms with Gasteiger partial charge in [0, 0.05) is 7.05 Å². The van der Waals surface area contributed by atoms with Crippen molar-refractivity contribution in [3.63, 3.8) is 0 Å². The van der Waals surface area contributed by atoms with Gasteiger partial charge in [-0.15, -0.1) is 0 Å². The van der Waals surface area contributed by atoms with Crippen molar-refractivity contribution in [2.45, 2.75) is 24.9 Å². The van der Waals surface area contributed by atoms with E-state index in [0.717, 1.165) is 7.05 Å². The van der Waals surface area contributed by atoms with Crippen LogP contribution in [0.25, 0.3) is 0 Å². The molecule has 0 spiro atoms. The van der Waals surface area contributed by atoms with Crippen LogP contribution in [0, 0.1) is 13.8 Å². The topological polar surface area (TPSA) is 66.1 Å². The van der Waals surface area contributed by atoms with Gasteiger partial charge in [-0.2, -0.15) is 22.6 Å². The number of sulfonamides is 1. The van der Waals surface area contributed by atoms with Crippen LogP contribution < -0.4 is 0 Å². The predicted octanol–water partition coefficient (Wildman–Crippen LogP) is 1.21. The normalized spacial score (nSPS) is 13.4. The number of aromatic amines is 1. The summed E-state index contributed by atoms with van der Waals surface area (Å²) in [5.41, 5.74) is 0.369. The van der Waals surface area contributed by atoms with Crippen LogP contribution in [-0.2, 0) is 10.0 Å². The lowest BCUT2D eigenvalue weighted by Crippen LogP contribution is -2.36. The number of nitrogens with one attached hydrogen (secondary N) is 1. The van der Waals surface area contributed by atoms with E-state index >= 15 is 0 Å². The first-order valence-corrected chi connectivity index (χ1v) is 6.04. The number of aromatic nitrogens is 2. The maximum atomic E-state index is 12.1. The first kappa shape index (κ1) is 14.0. The van der Waals surface area contributed by atoms with Crippen molar-refractivity contribution in [1.29, 1.82) is 0 Å². The molecule has 0 aliphatic heterocycles. The van der Waals surface area contributed by atoms with Gasteiger partial charge >= 0.3 is 6.18 Å². The minimum Gasteiger partial charge on any atom is -0.281 e. The molecule has 0 saturated heterocycles. The Labute approximate surface area is 96.7 Å². The van der Waals surface area contributed by atoms with Crippen LogP contribution in [0.4, 0.5) is 13.2 Å². The number of hydrogen-bond donors (Lipinski definition) is 1. The Morgan fingerprint density at radius 3 is 2.24 bits per heavy atom. The van der Waals surface area contributed by atoms with Crippen molar-refractivity contribution in [2.24, 2.45) is 0 Å². The highest BCUT2D eigenvalue weighted by Crippen LogP contribution is 2.24. The molecule has 1 heterocycles. The monoisotopic (exact) mass is 271 g/mol. The largest absolute Gasteiger partial charge is 0.402 e. The second-order valence-electron chi connectivity index (χ2n) is 3.64. The Kier molecular flexibility index (Phi) is 3.53. The predicted molar refractivity (Wildman–Crippen MR) is 53.9 cm³/mol. The summed E-state index contributed by atoms with van der Waals surface area (Å²) >= 11 is 0. The molecule has 0 amide bonds. The zero-order valence-corrected chi connectivity index (χ0v) is 10.3. The van der Waals surface area contributed by atoms with E-state index in [9.17, 15) is 21.6 Å². The number of rotatable bonds is 3. The number of nitrogens with zero attached hydrogens (tertiary/aromatic N) is 2. The Morgan fingerprint density at radius 1 is 1.35 bits per heavy atom. The molecule has 17 heavy (non-hydrogen) atoms. The van der Waals surface area contributed by atoms with Crippen molar-refractivity contribution >= 4 is 10.0 Å². The number of H-pyrrole nitrogens is 1. The highest BCUT2D eigenvalue weighted by molar-refractivity contribution is 7.89. The third kappa shape index (κ3) is 2.97. The molecule has 0 atom stereocenters. The third-order valence-electron chi connectivity index (χ3n) is 2.13. The summed E-state index contributed by atoms with van der Waals surface area (Å²) in [4.78, 5) is -0.204. The van der Waals surface area contributed by atoms with Crippen molar-refractivity contribution < 1.29 is 21.6 Å². The molecule has 1 aromatic heterocycles. The van der Waals surface area contributed by atoms with Gasteiger partial charge < -0.3 is 0 Å². The van der Waals surface area contributed by atoms with E-state index in [1.54, 1.807) is 0 Å². The highest BCUT2D eigenvalue weighted by atomic mass is 32.2. The van der Waals surface area contributed by atoms with Crippen molar-refractivity contribution in [3.05, 3.63) is 11.4 Å². The lowest BCUT2D eigenvalue weighted by Gasteiger charge is -2.18. The van der Waals surface area contributed by atoms with Gasteiger partial charge in [0.05, 0.1) is 11.4 Å². The maximum absolute atomic E-state index is 12.1. The molecule has 9 heteroatoms. The zero-order chi connectivity index (χ0) is 13.4. The fourth-order valence-electron chi connectivity index (χ4n) is 1.41. The van der Waals surface area contributed by atoms with Gasteiger partial charge in [0.15, 0.2) is 0 Å². The number of aryl methyl sites for hydroxylation is 2. The summed E-state index contributed by atoms with van der Waals surface area (Å²) in [6.45, 7) is 1.32. The molecule has 0 aliphatic rings. The minimum atomic E-state index is -4.58. The summed E-state index contributed by atoms with van der Waals surface area (Å²) in [5, 5.41) is 6.07. The molecule has 0 saturated carbocycles. The van der Waals surface area contributed by atoms with Gasteiger partial charge in [0.25, 0.3) is 0 Å². The standard InChI is InChI=1S/C8H12F3N3O2S/c1-5-7(6(2)13-12-5)17(15,16)14(3)4-8(9,10)11/h4H2,1-3H3,(H,12,13). The SMILES string of the molecule is Cc1n[nH]c(C)c1S(=O)(=O)N(C)CC(F)(F)F. The quantitative estimate of drug-likeness (QED) is 0.898. The van der Waals surface area contributed by atoms with Gasteiger partial charge in [-0.25, -0.2) is 8.42 Å². The lowest BCUT2D eigenvalue weighted by molar-refractivity contribution is -0.134. The van der Waals surface area contributed by atoms with Crippen LogP contribution in [0.2, 0.25) is 0 Å². The average Bonchev–Trinajstić information content (AvgIpc) is 2.43. The molecule has 0 aliphatic carbocycles. The molecule has 98 valence electrons. The van der Waals surface area contributed by atoms with Crippen molar-refractivity contribution in [1.82, 2.24) is 14.5 Å². The first-order valence-electron chi connectivity index (χ1n) is 4.60. The number of halogens is 3. The maximum Gasteiger partial charge on any atom is 0.402 e. The molecule has 1 rings (SSSR count). The summed E-state index contributed by atoms with van der Waals surface area (Å²) in [6.07, 6.45) is -4.58. The number of hydrogen-bond acceptors (Lipinski definition) is 3. The Balaban J connectivity index is 3.13. The molecule has 0 bridgehead atoms. The van der Waals surface area contributed by atoms with E-state index in [1.807, 2.05) is 0 Å². The summed E-state index contributed by atoms with van der Waals surface area (Å²) in [7, 11) is -3.29. The molecule has 1 N–H and O–H groups in total. The second-order valence-corrected chi connectivity index (χ2v) is 5.62. The van der Waals surface area contributed by atoms with Crippen LogP contribution in [-0.4, -0.2) is 42.7 Å². The van der Waals surface area contributed by atoms with E-state index in [-0.39, 0.29) is 20.6 Å². The fourth-order valence-corrected chi connectivity index (χ4v) is 2.89. The van der Waals surface area contributed by atoms with E-state index in [0.29, 0.717) is 0 Å². The summed E-state index contributed by atoms with van der Waals surface area (Å²) in [6, 6.07) is 0. The second kappa shape index (κ2) is 4.30. The van der Waals surface area contributed by atoms with Crippen LogP contribution in [0.1, 0.15) is 11.4 Å². The average molecular weight is 271 g/mol. The molecule has 0 aromatic carbocycles. The van der Waals surface area contributed by atoms with Gasteiger partial charge in [-0.05, 0) is 13.8 Å². The zero-order valence-electron chi connectivity index (χ0n) is 9.46. The Morgan fingerprint density at radius 2 is 1.88 bits per heavy atom. The molecule has 1 aromatic rings.